The van der Waals surface area contributed by atoms with Crippen LogP contribution in [0, 0.1) is 6.92 Å². The quantitative estimate of drug-likeness (QED) is 0.827. The molecule has 136 valence electrons. The zero-order valence-corrected chi connectivity index (χ0v) is 15.8. The fourth-order valence-corrected chi connectivity index (χ4v) is 3.63. The highest BCUT2D eigenvalue weighted by atomic mass is 35.5. The maximum absolute atomic E-state index is 13.7. The van der Waals surface area contributed by atoms with Gasteiger partial charge in [0.05, 0.1) is 11.4 Å². The molecule has 25 heavy (non-hydrogen) atoms. The molecule has 0 saturated carbocycles. The van der Waals surface area contributed by atoms with Gasteiger partial charge in [0.2, 0.25) is 10.0 Å². The lowest BCUT2D eigenvalue weighted by Gasteiger charge is -2.12. The Hall–Kier alpha value is -1.74. The van der Waals surface area contributed by atoms with E-state index in [0.29, 0.717) is 16.8 Å². The number of nitrogens with zero attached hydrogens (tertiary/aromatic N) is 3. The van der Waals surface area contributed by atoms with Crippen molar-refractivity contribution in [3.8, 4) is 11.1 Å². The van der Waals surface area contributed by atoms with Crippen LogP contribution in [0.25, 0.3) is 11.1 Å². The van der Waals surface area contributed by atoms with E-state index in [4.69, 9.17) is 17.3 Å². The molecule has 0 saturated heterocycles. The first-order valence-electron chi connectivity index (χ1n) is 7.49. The molecule has 2 rings (SSSR count). The van der Waals surface area contributed by atoms with E-state index >= 15 is 0 Å². The molecule has 2 aromatic rings. The van der Waals surface area contributed by atoms with Crippen molar-refractivity contribution in [1.82, 2.24) is 14.1 Å². The molecule has 0 aliphatic rings. The van der Waals surface area contributed by atoms with Gasteiger partial charge in [0, 0.05) is 31.9 Å². The Kier molecular flexibility index (Phi) is 5.99. The van der Waals surface area contributed by atoms with Gasteiger partial charge in [0.1, 0.15) is 5.83 Å². The summed E-state index contributed by atoms with van der Waals surface area (Å²) in [7, 11) is -0.646. The van der Waals surface area contributed by atoms with Crippen LogP contribution >= 0.6 is 11.6 Å². The van der Waals surface area contributed by atoms with Crippen LogP contribution < -0.4 is 5.73 Å². The number of nitrogens with two attached hydrogens (primary N) is 1. The van der Waals surface area contributed by atoms with Gasteiger partial charge in [-0.25, -0.2) is 17.1 Å². The van der Waals surface area contributed by atoms with Crippen LogP contribution in [0.1, 0.15) is 5.69 Å². The van der Waals surface area contributed by atoms with Gasteiger partial charge in [-0.2, -0.15) is 5.10 Å². The molecule has 1 heterocycles. The number of hydrogen-bond donors (Lipinski definition) is 1. The van der Waals surface area contributed by atoms with Gasteiger partial charge >= 0.3 is 0 Å². The molecule has 6 nitrogen and oxygen atoms in total. The summed E-state index contributed by atoms with van der Waals surface area (Å²) in [6.07, 6.45) is 1.26. The molecular weight excluding hydrogens is 367 g/mol. The van der Waals surface area contributed by atoms with Gasteiger partial charge in [-0.1, -0.05) is 23.7 Å². The number of allylic oxidation sites excluding steroid dienone is 1. The van der Waals surface area contributed by atoms with Crippen LogP contribution in [0.5, 0.6) is 0 Å². The molecule has 0 aliphatic heterocycles. The molecule has 0 unspecified atom stereocenters. The summed E-state index contributed by atoms with van der Waals surface area (Å²) in [5, 5.41) is 4.31. The van der Waals surface area contributed by atoms with Crippen molar-refractivity contribution in [2.45, 2.75) is 18.4 Å². The molecule has 0 bridgehead atoms. The fraction of sp³-hybridized carbons (Fsp3) is 0.312. The SMILES string of the molecule is Cc1c(-c2cccc(S(=O)(=O)N(C)C)c2)c(Cl)nn1CC(F)=CCN. The first-order valence-corrected chi connectivity index (χ1v) is 9.30. The lowest BCUT2D eigenvalue weighted by atomic mass is 10.1. The number of halogens is 2. The monoisotopic (exact) mass is 386 g/mol. The van der Waals surface area contributed by atoms with Crippen molar-refractivity contribution in [3.63, 3.8) is 0 Å². The Morgan fingerprint density at radius 1 is 1.44 bits per heavy atom. The molecule has 0 amide bonds. The Balaban J connectivity index is 2.50. The molecule has 0 spiro atoms. The normalized spacial score (nSPS) is 12.8. The second-order valence-corrected chi connectivity index (χ2v) is 8.12. The average Bonchev–Trinajstić information content (AvgIpc) is 2.81. The van der Waals surface area contributed by atoms with Crippen LogP contribution in [0.3, 0.4) is 0 Å². The van der Waals surface area contributed by atoms with Gasteiger partial charge < -0.3 is 5.73 Å². The van der Waals surface area contributed by atoms with Crippen molar-refractivity contribution in [2.24, 2.45) is 5.73 Å². The van der Waals surface area contributed by atoms with Gasteiger partial charge in [0.25, 0.3) is 0 Å². The van der Waals surface area contributed by atoms with E-state index in [-0.39, 0.29) is 23.1 Å². The third kappa shape index (κ3) is 4.09. The highest BCUT2D eigenvalue weighted by molar-refractivity contribution is 7.89. The van der Waals surface area contributed by atoms with E-state index in [1.165, 1.54) is 37.0 Å². The molecule has 1 aromatic carbocycles. The molecule has 0 atom stereocenters. The molecule has 0 radical (unpaired) electrons. The van der Waals surface area contributed by atoms with Gasteiger partial charge in [-0.05, 0) is 30.7 Å². The molecule has 9 heteroatoms. The smallest absolute Gasteiger partial charge is 0.242 e. The summed E-state index contributed by atoms with van der Waals surface area (Å²) in [4.78, 5) is 0.146. The highest BCUT2D eigenvalue weighted by Crippen LogP contribution is 2.32. The molecule has 0 fully saturated rings. The number of benzene rings is 1. The predicted molar refractivity (Wildman–Crippen MR) is 96.5 cm³/mol. The first-order chi connectivity index (χ1) is 11.7. The van der Waals surface area contributed by atoms with Crippen molar-refractivity contribution in [2.75, 3.05) is 20.6 Å². The van der Waals surface area contributed by atoms with E-state index in [1.807, 2.05) is 0 Å². The summed E-state index contributed by atoms with van der Waals surface area (Å²) in [6, 6.07) is 6.41. The minimum atomic E-state index is -3.57. The van der Waals surface area contributed by atoms with Crippen LogP contribution in [0.15, 0.2) is 41.1 Å². The van der Waals surface area contributed by atoms with E-state index in [9.17, 15) is 12.8 Å². The zero-order chi connectivity index (χ0) is 18.8. The standard InChI is InChI=1S/C16H20ClFN4O2S/c1-11-15(16(17)20-22(11)10-13(18)7-8-19)12-5-4-6-14(9-12)25(23,24)21(2)3/h4-7,9H,8,10,19H2,1-3H3. The lowest BCUT2D eigenvalue weighted by molar-refractivity contribution is 0.519. The lowest BCUT2D eigenvalue weighted by Crippen LogP contribution is -2.22. The third-order valence-corrected chi connectivity index (χ3v) is 5.78. The number of hydrogen-bond acceptors (Lipinski definition) is 4. The Labute approximate surface area is 151 Å². The molecular formula is C16H20ClFN4O2S. The minimum Gasteiger partial charge on any atom is -0.327 e. The van der Waals surface area contributed by atoms with Crippen molar-refractivity contribution in [1.29, 1.82) is 0 Å². The van der Waals surface area contributed by atoms with E-state index in [0.717, 1.165) is 4.31 Å². The van der Waals surface area contributed by atoms with Gasteiger partial charge in [-0.3, -0.25) is 4.68 Å². The van der Waals surface area contributed by atoms with E-state index in [2.05, 4.69) is 5.10 Å². The minimum absolute atomic E-state index is 0.0849. The molecule has 1 aromatic heterocycles. The number of aromatic nitrogens is 2. The molecule has 2 N–H and O–H groups in total. The van der Waals surface area contributed by atoms with Crippen LogP contribution in [0.4, 0.5) is 4.39 Å². The Morgan fingerprint density at radius 3 is 2.72 bits per heavy atom. The second kappa shape index (κ2) is 7.65. The van der Waals surface area contributed by atoms with Gasteiger partial charge in [-0.15, -0.1) is 0 Å². The number of sulfonamides is 1. The van der Waals surface area contributed by atoms with Crippen LogP contribution in [0.2, 0.25) is 5.15 Å². The van der Waals surface area contributed by atoms with Crippen molar-refractivity contribution < 1.29 is 12.8 Å². The third-order valence-electron chi connectivity index (χ3n) is 3.71. The van der Waals surface area contributed by atoms with Crippen molar-refractivity contribution >= 4 is 21.6 Å². The zero-order valence-electron chi connectivity index (χ0n) is 14.2. The highest BCUT2D eigenvalue weighted by Gasteiger charge is 2.20. The van der Waals surface area contributed by atoms with Crippen molar-refractivity contribution in [3.05, 3.63) is 47.0 Å². The first kappa shape index (κ1) is 19.6. The molecule has 0 aliphatic carbocycles. The summed E-state index contributed by atoms with van der Waals surface area (Å²) >= 11 is 6.22. The summed E-state index contributed by atoms with van der Waals surface area (Å²) < 4.78 is 40.9. The van der Waals surface area contributed by atoms with Crippen LogP contribution in [-0.2, 0) is 16.6 Å². The Bertz CT molecular complexity index is 907. The van der Waals surface area contributed by atoms with E-state index < -0.39 is 15.9 Å². The fourth-order valence-electron chi connectivity index (χ4n) is 2.35. The topological polar surface area (TPSA) is 81.2 Å². The summed E-state index contributed by atoms with van der Waals surface area (Å²) in [6.45, 7) is 1.76. The summed E-state index contributed by atoms with van der Waals surface area (Å²) in [5.41, 5.74) is 7.09. The van der Waals surface area contributed by atoms with E-state index in [1.54, 1.807) is 19.1 Å². The second-order valence-electron chi connectivity index (χ2n) is 5.61. The summed E-state index contributed by atoms with van der Waals surface area (Å²) in [5.74, 6) is -0.416. The largest absolute Gasteiger partial charge is 0.327 e. The Morgan fingerprint density at radius 2 is 2.12 bits per heavy atom. The maximum atomic E-state index is 13.7. The maximum Gasteiger partial charge on any atom is 0.242 e. The van der Waals surface area contributed by atoms with Gasteiger partial charge in [0.15, 0.2) is 5.15 Å². The predicted octanol–water partition coefficient (Wildman–Crippen LogP) is 2.57. The van der Waals surface area contributed by atoms with Crippen LogP contribution in [-0.4, -0.2) is 43.1 Å². The number of rotatable bonds is 6. The average molecular weight is 387 g/mol.